The summed E-state index contributed by atoms with van der Waals surface area (Å²) in [6.07, 6.45) is -0.683. The first-order chi connectivity index (χ1) is 11.9. The lowest BCUT2D eigenvalue weighted by Gasteiger charge is -2.14. The molecule has 0 radical (unpaired) electrons. The largest absolute Gasteiger partial charge is 0.481 e. The quantitative estimate of drug-likeness (QED) is 0.448. The first kappa shape index (κ1) is 19.2. The number of carbonyl (C=O) groups excluding carboxylic acids is 2. The molecule has 0 saturated heterocycles. The summed E-state index contributed by atoms with van der Waals surface area (Å²) in [5.41, 5.74) is 2.26. The minimum atomic E-state index is -0.683. The Balaban J connectivity index is 1.89. The number of amides is 1. The molecule has 1 aromatic heterocycles. The van der Waals surface area contributed by atoms with E-state index in [1.165, 1.54) is 30.2 Å². The molecule has 0 aliphatic heterocycles. The van der Waals surface area contributed by atoms with Crippen LogP contribution in [0.3, 0.4) is 0 Å². The van der Waals surface area contributed by atoms with Gasteiger partial charge in [-0.25, -0.2) is 0 Å². The number of carbonyl (C=O) groups is 2. The van der Waals surface area contributed by atoms with Crippen molar-refractivity contribution in [1.82, 2.24) is 10.2 Å². The van der Waals surface area contributed by atoms with Crippen molar-refractivity contribution in [3.63, 3.8) is 0 Å². The van der Waals surface area contributed by atoms with E-state index in [2.05, 4.69) is 20.3 Å². The molecule has 1 N–H and O–H groups in total. The molecule has 0 unspecified atom stereocenters. The summed E-state index contributed by atoms with van der Waals surface area (Å²) >= 11 is 2.39. The van der Waals surface area contributed by atoms with Gasteiger partial charge in [0.05, 0.1) is 12.9 Å². The van der Waals surface area contributed by atoms with Gasteiger partial charge in [0.15, 0.2) is 10.4 Å². The van der Waals surface area contributed by atoms with Crippen molar-refractivity contribution in [3.8, 4) is 5.75 Å². The van der Waals surface area contributed by atoms with E-state index in [-0.39, 0.29) is 17.6 Å². The van der Waals surface area contributed by atoms with Gasteiger partial charge >= 0.3 is 5.97 Å². The number of aromatic nitrogens is 2. The van der Waals surface area contributed by atoms with Crippen molar-refractivity contribution < 1.29 is 19.1 Å². The molecule has 0 spiro atoms. The van der Waals surface area contributed by atoms with Crippen molar-refractivity contribution in [3.05, 3.63) is 29.3 Å². The van der Waals surface area contributed by atoms with E-state index in [1.807, 2.05) is 32.0 Å². The van der Waals surface area contributed by atoms with Crippen LogP contribution in [-0.2, 0) is 14.3 Å². The Kier molecular flexibility index (Phi) is 6.77. The number of hydrogen-bond acceptors (Lipinski definition) is 8. The zero-order chi connectivity index (χ0) is 18.4. The van der Waals surface area contributed by atoms with Crippen LogP contribution in [0.5, 0.6) is 5.75 Å². The maximum absolute atomic E-state index is 12.2. The molecule has 25 heavy (non-hydrogen) atoms. The molecule has 0 fully saturated rings. The second-order valence-electron chi connectivity index (χ2n) is 5.23. The van der Waals surface area contributed by atoms with E-state index in [4.69, 9.17) is 4.74 Å². The Morgan fingerprint density at radius 2 is 2.04 bits per heavy atom. The minimum absolute atomic E-state index is 0.144. The van der Waals surface area contributed by atoms with Gasteiger partial charge in [0.25, 0.3) is 5.91 Å². The van der Waals surface area contributed by atoms with Crippen molar-refractivity contribution in [2.24, 2.45) is 0 Å². The fraction of sp³-hybridized carbons (Fsp3) is 0.375. The zero-order valence-corrected chi connectivity index (χ0v) is 16.0. The second-order valence-corrected chi connectivity index (χ2v) is 7.43. The molecule has 2 rings (SSSR count). The third-order valence-corrected chi connectivity index (χ3v) is 5.28. The minimum Gasteiger partial charge on any atom is -0.481 e. The van der Waals surface area contributed by atoms with Crippen LogP contribution in [0.15, 0.2) is 22.5 Å². The lowest BCUT2D eigenvalue weighted by atomic mass is 10.1. The van der Waals surface area contributed by atoms with E-state index >= 15 is 0 Å². The van der Waals surface area contributed by atoms with Crippen LogP contribution >= 0.6 is 23.1 Å². The average molecular weight is 381 g/mol. The standard InChI is InChI=1S/C16H19N3O4S2/c1-9-5-6-12(7-10(9)2)23-11(3)14(21)17-15-18-19-16(25-15)24-8-13(20)22-4/h5-7,11H,8H2,1-4H3,(H,17,18,21)/t11-/m1/s1. The number of thioether (sulfide) groups is 1. The highest BCUT2D eigenvalue weighted by Crippen LogP contribution is 2.25. The Morgan fingerprint density at radius 1 is 1.28 bits per heavy atom. The Labute approximate surface area is 154 Å². The van der Waals surface area contributed by atoms with E-state index in [0.717, 1.165) is 11.1 Å². The number of nitrogens with zero attached hydrogens (tertiary/aromatic N) is 2. The first-order valence-corrected chi connectivity index (χ1v) is 9.27. The molecule has 0 saturated carbocycles. The molecule has 2 aromatic rings. The predicted octanol–water partition coefficient (Wildman–Crippen LogP) is 2.83. The van der Waals surface area contributed by atoms with Gasteiger partial charge in [0.2, 0.25) is 5.13 Å². The van der Waals surface area contributed by atoms with Gasteiger partial charge in [0, 0.05) is 0 Å². The molecule has 0 bridgehead atoms. The highest BCUT2D eigenvalue weighted by molar-refractivity contribution is 8.01. The third kappa shape index (κ3) is 5.71. The van der Waals surface area contributed by atoms with Gasteiger partial charge in [-0.05, 0) is 44.0 Å². The van der Waals surface area contributed by atoms with Gasteiger partial charge in [-0.15, -0.1) is 10.2 Å². The van der Waals surface area contributed by atoms with E-state index in [1.54, 1.807) is 6.92 Å². The smallest absolute Gasteiger partial charge is 0.316 e. The molecule has 0 aliphatic rings. The van der Waals surface area contributed by atoms with Gasteiger partial charge in [0.1, 0.15) is 5.75 Å². The van der Waals surface area contributed by atoms with Crippen molar-refractivity contribution >= 4 is 40.1 Å². The van der Waals surface area contributed by atoms with Crippen LogP contribution in [0.1, 0.15) is 18.1 Å². The molecule has 1 heterocycles. The number of nitrogens with one attached hydrogen (secondary N) is 1. The summed E-state index contributed by atoms with van der Waals surface area (Å²) in [7, 11) is 1.32. The van der Waals surface area contributed by atoms with Gasteiger partial charge in [-0.2, -0.15) is 0 Å². The van der Waals surface area contributed by atoms with Crippen LogP contribution in [0, 0.1) is 13.8 Å². The summed E-state index contributed by atoms with van der Waals surface area (Å²) < 4.78 is 10.8. The number of hydrogen-bond donors (Lipinski definition) is 1. The monoisotopic (exact) mass is 381 g/mol. The molecule has 1 atom stereocenters. The maximum atomic E-state index is 12.2. The number of benzene rings is 1. The summed E-state index contributed by atoms with van der Waals surface area (Å²) in [6, 6.07) is 5.68. The molecular formula is C16H19N3O4S2. The number of rotatable bonds is 7. The van der Waals surface area contributed by atoms with Crippen LogP contribution in [0.4, 0.5) is 5.13 Å². The number of ether oxygens (including phenoxy) is 2. The van der Waals surface area contributed by atoms with Crippen molar-refractivity contribution in [2.45, 2.75) is 31.2 Å². The van der Waals surface area contributed by atoms with Gasteiger partial charge in [-0.3, -0.25) is 14.9 Å². The molecular weight excluding hydrogens is 362 g/mol. The molecule has 7 nitrogen and oxygen atoms in total. The van der Waals surface area contributed by atoms with E-state index in [9.17, 15) is 9.59 Å². The average Bonchev–Trinajstić information content (AvgIpc) is 3.03. The topological polar surface area (TPSA) is 90.4 Å². The normalized spacial score (nSPS) is 11.7. The van der Waals surface area contributed by atoms with Crippen LogP contribution in [-0.4, -0.2) is 41.0 Å². The molecule has 1 aromatic carbocycles. The fourth-order valence-electron chi connectivity index (χ4n) is 1.75. The highest BCUT2D eigenvalue weighted by Gasteiger charge is 2.17. The number of methoxy groups -OCH3 is 1. The van der Waals surface area contributed by atoms with Crippen LogP contribution < -0.4 is 10.1 Å². The lowest BCUT2D eigenvalue weighted by molar-refractivity contribution is -0.137. The zero-order valence-electron chi connectivity index (χ0n) is 14.4. The van der Waals surface area contributed by atoms with Crippen molar-refractivity contribution in [2.75, 3.05) is 18.2 Å². The fourth-order valence-corrected chi connectivity index (χ4v) is 3.34. The summed E-state index contributed by atoms with van der Waals surface area (Å²) in [4.78, 5) is 23.3. The molecule has 1 amide bonds. The summed E-state index contributed by atoms with van der Waals surface area (Å²) in [5.74, 6) is 0.114. The summed E-state index contributed by atoms with van der Waals surface area (Å²) in [5, 5.41) is 10.8. The Bertz CT molecular complexity index is 764. The molecule has 134 valence electrons. The molecule has 0 aliphatic carbocycles. The SMILES string of the molecule is COC(=O)CSc1nnc(NC(=O)[C@@H](C)Oc2ccc(C)c(C)c2)s1. The van der Waals surface area contributed by atoms with Crippen LogP contribution in [0.25, 0.3) is 0 Å². The van der Waals surface area contributed by atoms with E-state index in [0.29, 0.717) is 15.2 Å². The van der Waals surface area contributed by atoms with Crippen molar-refractivity contribution in [1.29, 1.82) is 0 Å². The van der Waals surface area contributed by atoms with Gasteiger partial charge in [-0.1, -0.05) is 29.2 Å². The Morgan fingerprint density at radius 3 is 2.72 bits per heavy atom. The maximum Gasteiger partial charge on any atom is 0.316 e. The van der Waals surface area contributed by atoms with Crippen LogP contribution in [0.2, 0.25) is 0 Å². The van der Waals surface area contributed by atoms with E-state index < -0.39 is 6.10 Å². The number of esters is 1. The number of aryl methyl sites for hydroxylation is 2. The predicted molar refractivity (Wildman–Crippen MR) is 97.3 cm³/mol. The highest BCUT2D eigenvalue weighted by atomic mass is 32.2. The third-order valence-electron chi connectivity index (χ3n) is 3.34. The number of anilines is 1. The molecule has 9 heteroatoms. The lowest BCUT2D eigenvalue weighted by Crippen LogP contribution is -2.30. The second kappa shape index (κ2) is 8.82. The summed E-state index contributed by atoms with van der Waals surface area (Å²) in [6.45, 7) is 5.67. The Hall–Kier alpha value is -2.13. The van der Waals surface area contributed by atoms with Gasteiger partial charge < -0.3 is 9.47 Å². The first-order valence-electron chi connectivity index (χ1n) is 7.47.